The molecular formula is C16H20ClFO2. The fourth-order valence-electron chi connectivity index (χ4n) is 3.71. The molecule has 4 heteroatoms. The maximum absolute atomic E-state index is 14.1. The van der Waals surface area contributed by atoms with Crippen LogP contribution in [0.3, 0.4) is 0 Å². The molecule has 1 spiro atoms. The second-order valence-electron chi connectivity index (χ2n) is 6.08. The first-order chi connectivity index (χ1) is 9.61. The number of rotatable bonds is 2. The summed E-state index contributed by atoms with van der Waals surface area (Å²) in [5.41, 5.74) is 0.247. The molecule has 1 saturated heterocycles. The van der Waals surface area contributed by atoms with Crippen LogP contribution in [0, 0.1) is 11.7 Å². The van der Waals surface area contributed by atoms with Gasteiger partial charge in [-0.25, -0.2) is 4.39 Å². The summed E-state index contributed by atoms with van der Waals surface area (Å²) in [7, 11) is 0. The van der Waals surface area contributed by atoms with E-state index in [1.165, 1.54) is 18.9 Å². The number of benzene rings is 1. The van der Waals surface area contributed by atoms with Crippen molar-refractivity contribution in [2.24, 2.45) is 5.92 Å². The van der Waals surface area contributed by atoms with E-state index in [1.807, 2.05) is 0 Å². The van der Waals surface area contributed by atoms with Crippen LogP contribution in [0.1, 0.15) is 50.2 Å². The molecular weight excluding hydrogens is 279 g/mol. The van der Waals surface area contributed by atoms with Gasteiger partial charge in [0.15, 0.2) is 0 Å². The van der Waals surface area contributed by atoms with E-state index in [1.54, 1.807) is 12.1 Å². The summed E-state index contributed by atoms with van der Waals surface area (Å²) in [6, 6.07) is 4.83. The summed E-state index contributed by atoms with van der Waals surface area (Å²) in [5, 5.41) is 10.6. The van der Waals surface area contributed by atoms with E-state index in [4.69, 9.17) is 16.3 Å². The van der Waals surface area contributed by atoms with Crippen LogP contribution in [0.5, 0.6) is 0 Å². The van der Waals surface area contributed by atoms with E-state index in [-0.39, 0.29) is 16.5 Å². The highest BCUT2D eigenvalue weighted by Crippen LogP contribution is 2.45. The fourth-order valence-corrected chi connectivity index (χ4v) is 3.89. The predicted molar refractivity (Wildman–Crippen MR) is 76.2 cm³/mol. The largest absolute Gasteiger partial charge is 0.388 e. The van der Waals surface area contributed by atoms with E-state index >= 15 is 0 Å². The van der Waals surface area contributed by atoms with Gasteiger partial charge in [-0.3, -0.25) is 0 Å². The highest BCUT2D eigenvalue weighted by molar-refractivity contribution is 6.30. The van der Waals surface area contributed by atoms with Crippen LogP contribution in [0.4, 0.5) is 4.39 Å². The minimum absolute atomic E-state index is 0.0508. The van der Waals surface area contributed by atoms with Crippen molar-refractivity contribution in [3.63, 3.8) is 0 Å². The maximum atomic E-state index is 14.1. The molecule has 1 N–H and O–H groups in total. The van der Waals surface area contributed by atoms with Crippen LogP contribution in [-0.4, -0.2) is 17.3 Å². The van der Waals surface area contributed by atoms with Gasteiger partial charge in [0.2, 0.25) is 0 Å². The van der Waals surface area contributed by atoms with Crippen LogP contribution in [0.2, 0.25) is 5.02 Å². The standard InChI is InChI=1S/C16H20ClFO2/c17-13-5-3-4-12(14(13)18)15(19)11-6-9-20-16(10-11)7-1-2-8-16/h3-5,11,15,19H,1-2,6-10H2. The van der Waals surface area contributed by atoms with Gasteiger partial charge in [0, 0.05) is 12.2 Å². The highest BCUT2D eigenvalue weighted by Gasteiger charge is 2.42. The van der Waals surface area contributed by atoms with Gasteiger partial charge in [0.05, 0.1) is 16.7 Å². The maximum Gasteiger partial charge on any atom is 0.147 e. The molecule has 1 saturated carbocycles. The lowest BCUT2D eigenvalue weighted by molar-refractivity contribution is -0.113. The Kier molecular flexibility index (Phi) is 4.02. The smallest absolute Gasteiger partial charge is 0.147 e. The first kappa shape index (κ1) is 14.3. The number of halogens is 2. The molecule has 0 aromatic heterocycles. The summed E-state index contributed by atoms with van der Waals surface area (Å²) in [5.74, 6) is -0.441. The Hall–Kier alpha value is -0.640. The lowest BCUT2D eigenvalue weighted by atomic mass is 9.80. The summed E-state index contributed by atoms with van der Waals surface area (Å²) in [4.78, 5) is 0. The van der Waals surface area contributed by atoms with Gasteiger partial charge in [-0.15, -0.1) is 0 Å². The van der Waals surface area contributed by atoms with Crippen molar-refractivity contribution < 1.29 is 14.2 Å². The van der Waals surface area contributed by atoms with Crippen molar-refractivity contribution >= 4 is 11.6 Å². The molecule has 1 aromatic carbocycles. The minimum atomic E-state index is -0.796. The van der Waals surface area contributed by atoms with E-state index in [0.717, 1.165) is 25.7 Å². The molecule has 2 aliphatic rings. The molecule has 20 heavy (non-hydrogen) atoms. The molecule has 0 amide bonds. The molecule has 2 unspecified atom stereocenters. The van der Waals surface area contributed by atoms with Gasteiger partial charge in [-0.1, -0.05) is 36.6 Å². The molecule has 1 heterocycles. The molecule has 2 fully saturated rings. The molecule has 1 aliphatic heterocycles. The Morgan fingerprint density at radius 3 is 2.85 bits per heavy atom. The average molecular weight is 299 g/mol. The van der Waals surface area contributed by atoms with Gasteiger partial charge in [0.25, 0.3) is 0 Å². The second-order valence-corrected chi connectivity index (χ2v) is 6.49. The molecule has 0 radical (unpaired) electrons. The van der Waals surface area contributed by atoms with Crippen LogP contribution >= 0.6 is 11.6 Å². The SMILES string of the molecule is OC(c1cccc(Cl)c1F)C1CCOC2(CCCC2)C1. The third-order valence-electron chi connectivity index (χ3n) is 4.79. The molecule has 2 atom stereocenters. The molecule has 1 aliphatic carbocycles. The number of hydrogen-bond acceptors (Lipinski definition) is 2. The Morgan fingerprint density at radius 2 is 2.10 bits per heavy atom. The number of ether oxygens (including phenoxy) is 1. The monoisotopic (exact) mass is 298 g/mol. The van der Waals surface area contributed by atoms with Gasteiger partial charge < -0.3 is 9.84 Å². The lowest BCUT2D eigenvalue weighted by Gasteiger charge is -2.40. The molecule has 1 aromatic rings. The first-order valence-electron chi connectivity index (χ1n) is 7.37. The quantitative estimate of drug-likeness (QED) is 0.884. The zero-order chi connectivity index (χ0) is 14.2. The number of aliphatic hydroxyl groups excluding tert-OH is 1. The average Bonchev–Trinajstić information content (AvgIpc) is 2.89. The summed E-state index contributed by atoms with van der Waals surface area (Å²) < 4.78 is 20.0. The third-order valence-corrected chi connectivity index (χ3v) is 5.08. The molecule has 0 bridgehead atoms. The Bertz CT molecular complexity index is 485. The second kappa shape index (κ2) is 5.63. The van der Waals surface area contributed by atoms with E-state index in [0.29, 0.717) is 12.2 Å². The van der Waals surface area contributed by atoms with Crippen molar-refractivity contribution in [3.8, 4) is 0 Å². The summed E-state index contributed by atoms with van der Waals surface area (Å²) in [6.07, 6.45) is 5.30. The van der Waals surface area contributed by atoms with Gasteiger partial charge in [-0.2, -0.15) is 0 Å². The predicted octanol–water partition coefficient (Wildman–Crippen LogP) is 4.25. The lowest BCUT2D eigenvalue weighted by Crippen LogP contribution is -2.39. The van der Waals surface area contributed by atoms with Crippen LogP contribution in [0.25, 0.3) is 0 Å². The summed E-state index contributed by atoms with van der Waals surface area (Å²) in [6.45, 7) is 0.657. The molecule has 3 rings (SSSR count). The number of hydrogen-bond donors (Lipinski definition) is 1. The van der Waals surface area contributed by atoms with Crippen molar-refractivity contribution in [1.29, 1.82) is 0 Å². The van der Waals surface area contributed by atoms with E-state index in [2.05, 4.69) is 0 Å². The van der Waals surface area contributed by atoms with Crippen molar-refractivity contribution in [2.75, 3.05) is 6.61 Å². The third kappa shape index (κ3) is 2.59. The number of aliphatic hydroxyl groups is 1. The Balaban J connectivity index is 1.79. The van der Waals surface area contributed by atoms with Gasteiger partial charge in [-0.05, 0) is 37.7 Å². The molecule has 2 nitrogen and oxygen atoms in total. The zero-order valence-electron chi connectivity index (χ0n) is 11.4. The Labute approximate surface area is 123 Å². The topological polar surface area (TPSA) is 29.5 Å². The van der Waals surface area contributed by atoms with Crippen molar-refractivity contribution in [2.45, 2.75) is 50.2 Å². The van der Waals surface area contributed by atoms with Gasteiger partial charge in [0.1, 0.15) is 5.82 Å². The first-order valence-corrected chi connectivity index (χ1v) is 7.75. The van der Waals surface area contributed by atoms with E-state index in [9.17, 15) is 9.50 Å². The van der Waals surface area contributed by atoms with Crippen LogP contribution in [0.15, 0.2) is 18.2 Å². The highest BCUT2D eigenvalue weighted by atomic mass is 35.5. The van der Waals surface area contributed by atoms with Crippen LogP contribution < -0.4 is 0 Å². The summed E-state index contributed by atoms with van der Waals surface area (Å²) >= 11 is 5.81. The van der Waals surface area contributed by atoms with Crippen LogP contribution in [-0.2, 0) is 4.74 Å². The van der Waals surface area contributed by atoms with Crippen molar-refractivity contribution in [1.82, 2.24) is 0 Å². The van der Waals surface area contributed by atoms with Gasteiger partial charge >= 0.3 is 0 Å². The Morgan fingerprint density at radius 1 is 1.35 bits per heavy atom. The minimum Gasteiger partial charge on any atom is -0.388 e. The molecule has 110 valence electrons. The van der Waals surface area contributed by atoms with E-state index < -0.39 is 11.9 Å². The zero-order valence-corrected chi connectivity index (χ0v) is 12.2. The van der Waals surface area contributed by atoms with Crippen molar-refractivity contribution in [3.05, 3.63) is 34.6 Å². The normalized spacial score (nSPS) is 26.9. The fraction of sp³-hybridized carbons (Fsp3) is 0.625.